The van der Waals surface area contributed by atoms with E-state index in [0.29, 0.717) is 17.8 Å². The summed E-state index contributed by atoms with van der Waals surface area (Å²) in [4.78, 5) is 18.2. The van der Waals surface area contributed by atoms with E-state index < -0.39 is 5.91 Å². The lowest BCUT2D eigenvalue weighted by atomic mass is 9.87. The zero-order valence-electron chi connectivity index (χ0n) is 17.3. The first-order valence-electron chi connectivity index (χ1n) is 9.73. The highest BCUT2D eigenvalue weighted by atomic mass is 16.1. The summed E-state index contributed by atoms with van der Waals surface area (Å²) in [7, 11) is 0. The lowest BCUT2D eigenvalue weighted by molar-refractivity contribution is -0.114. The molecule has 0 unspecified atom stereocenters. The molecule has 0 atom stereocenters. The Hall–Kier alpha value is -3.57. The SMILES string of the molecule is C=C(/C=C\C)N=C(N)/C(=C\NC1(CN)CCN(c2ccc(C#N)cc2)CC1)C(N)=O. The van der Waals surface area contributed by atoms with Gasteiger partial charge in [0.05, 0.1) is 28.4 Å². The predicted octanol–water partition coefficient (Wildman–Crippen LogP) is 1.26. The molecule has 2 rings (SSSR count). The van der Waals surface area contributed by atoms with Crippen molar-refractivity contribution in [2.45, 2.75) is 25.3 Å². The van der Waals surface area contributed by atoms with Crippen LogP contribution >= 0.6 is 0 Å². The predicted molar refractivity (Wildman–Crippen MR) is 120 cm³/mol. The highest BCUT2D eigenvalue weighted by Gasteiger charge is 2.33. The van der Waals surface area contributed by atoms with E-state index in [0.717, 1.165) is 31.6 Å². The van der Waals surface area contributed by atoms with E-state index in [4.69, 9.17) is 22.5 Å². The van der Waals surface area contributed by atoms with E-state index in [9.17, 15) is 4.79 Å². The van der Waals surface area contributed by atoms with Crippen LogP contribution in [0.2, 0.25) is 0 Å². The maximum atomic E-state index is 11.9. The first kappa shape index (κ1) is 22.7. The molecule has 0 aromatic heterocycles. The van der Waals surface area contributed by atoms with E-state index in [-0.39, 0.29) is 16.9 Å². The minimum atomic E-state index is -0.681. The minimum Gasteiger partial charge on any atom is -0.383 e. The number of anilines is 1. The summed E-state index contributed by atoms with van der Waals surface area (Å²) in [6.07, 6.45) is 6.48. The van der Waals surface area contributed by atoms with Crippen molar-refractivity contribution in [2.24, 2.45) is 22.2 Å². The number of piperidine rings is 1. The average molecular weight is 408 g/mol. The Bertz CT molecular complexity index is 898. The van der Waals surface area contributed by atoms with Crippen LogP contribution in [0.5, 0.6) is 0 Å². The Kier molecular flexibility index (Phi) is 7.78. The molecule has 1 aromatic carbocycles. The summed E-state index contributed by atoms with van der Waals surface area (Å²) in [5.74, 6) is -0.681. The van der Waals surface area contributed by atoms with Crippen molar-refractivity contribution in [2.75, 3.05) is 24.5 Å². The van der Waals surface area contributed by atoms with E-state index >= 15 is 0 Å². The molecule has 1 heterocycles. The van der Waals surface area contributed by atoms with Gasteiger partial charge in [0, 0.05) is 31.5 Å². The van der Waals surface area contributed by atoms with Gasteiger partial charge in [0.15, 0.2) is 0 Å². The molecule has 7 N–H and O–H groups in total. The third kappa shape index (κ3) is 5.72. The van der Waals surface area contributed by atoms with Crippen molar-refractivity contribution in [3.05, 3.63) is 66.0 Å². The second-order valence-electron chi connectivity index (χ2n) is 7.19. The van der Waals surface area contributed by atoms with Crippen molar-refractivity contribution in [3.63, 3.8) is 0 Å². The number of carbonyl (C=O) groups is 1. The second kappa shape index (κ2) is 10.3. The van der Waals surface area contributed by atoms with Crippen LogP contribution in [0.25, 0.3) is 0 Å². The molecule has 30 heavy (non-hydrogen) atoms. The quantitative estimate of drug-likeness (QED) is 0.221. The topological polar surface area (TPSA) is 147 Å². The van der Waals surface area contributed by atoms with Gasteiger partial charge in [-0.05, 0) is 50.1 Å². The van der Waals surface area contributed by atoms with Crippen LogP contribution in [0.1, 0.15) is 25.3 Å². The van der Waals surface area contributed by atoms with Gasteiger partial charge in [0.2, 0.25) is 0 Å². The number of carbonyl (C=O) groups excluding carboxylic acids is 1. The van der Waals surface area contributed by atoms with Crippen molar-refractivity contribution in [1.29, 1.82) is 5.26 Å². The van der Waals surface area contributed by atoms with E-state index in [1.807, 2.05) is 31.2 Å². The zero-order valence-corrected chi connectivity index (χ0v) is 17.3. The molecule has 1 aromatic rings. The summed E-state index contributed by atoms with van der Waals surface area (Å²) in [6, 6.07) is 9.64. The largest absolute Gasteiger partial charge is 0.383 e. The van der Waals surface area contributed by atoms with E-state index in [2.05, 4.69) is 27.9 Å². The summed E-state index contributed by atoms with van der Waals surface area (Å²) in [5, 5.41) is 12.2. The van der Waals surface area contributed by atoms with Crippen molar-refractivity contribution < 1.29 is 4.79 Å². The van der Waals surface area contributed by atoms with Crippen molar-refractivity contribution in [1.82, 2.24) is 5.32 Å². The number of nitrogens with zero attached hydrogens (tertiary/aromatic N) is 3. The molecular formula is C22H29N7O. The number of primary amides is 1. The molecule has 0 aliphatic carbocycles. The normalized spacial score (nSPS) is 16.9. The number of nitriles is 1. The number of amides is 1. The molecule has 8 nitrogen and oxygen atoms in total. The Balaban J connectivity index is 2.12. The number of benzene rings is 1. The molecule has 1 aliphatic heterocycles. The van der Waals surface area contributed by atoms with Gasteiger partial charge < -0.3 is 27.4 Å². The summed E-state index contributed by atoms with van der Waals surface area (Å²) < 4.78 is 0. The van der Waals surface area contributed by atoms with Gasteiger partial charge in [-0.3, -0.25) is 4.79 Å². The summed E-state index contributed by atoms with van der Waals surface area (Å²) in [5.41, 5.74) is 19.3. The number of nitrogens with one attached hydrogen (secondary N) is 1. The summed E-state index contributed by atoms with van der Waals surface area (Å²) >= 11 is 0. The van der Waals surface area contributed by atoms with Crippen LogP contribution in [0.4, 0.5) is 5.69 Å². The molecule has 1 fully saturated rings. The molecule has 0 bridgehead atoms. The maximum absolute atomic E-state index is 11.9. The number of hydrogen-bond donors (Lipinski definition) is 4. The van der Waals surface area contributed by atoms with Crippen LogP contribution in [-0.2, 0) is 4.79 Å². The van der Waals surface area contributed by atoms with E-state index in [1.165, 1.54) is 6.20 Å². The maximum Gasteiger partial charge on any atom is 0.253 e. The number of aliphatic imine (C=N–C) groups is 1. The van der Waals surface area contributed by atoms with Gasteiger partial charge in [0.1, 0.15) is 5.84 Å². The molecule has 1 saturated heterocycles. The Labute approximate surface area is 177 Å². The first-order valence-corrected chi connectivity index (χ1v) is 9.73. The molecular weight excluding hydrogens is 378 g/mol. The average Bonchev–Trinajstić information content (AvgIpc) is 2.74. The number of nitrogens with two attached hydrogens (primary N) is 3. The second-order valence-corrected chi connectivity index (χ2v) is 7.19. The standard InChI is InChI=1S/C22H29N7O/c1-3-4-16(2)28-20(25)19(21(26)30)14-27-22(15-24)9-11-29(12-10-22)18-7-5-17(13-23)6-8-18/h3-8,14,27H,2,9-12,15,24H2,1H3,(H2,25,28)(H2,26,30)/b4-3-,19-14+. The van der Waals surface area contributed by atoms with Crippen LogP contribution in [0, 0.1) is 11.3 Å². The third-order valence-electron chi connectivity index (χ3n) is 5.16. The number of rotatable bonds is 8. The zero-order chi connectivity index (χ0) is 22.1. The van der Waals surface area contributed by atoms with Gasteiger partial charge >= 0.3 is 0 Å². The fourth-order valence-electron chi connectivity index (χ4n) is 3.29. The van der Waals surface area contributed by atoms with Gasteiger partial charge in [-0.2, -0.15) is 5.26 Å². The fourth-order valence-corrected chi connectivity index (χ4v) is 3.29. The van der Waals surface area contributed by atoms with Crippen molar-refractivity contribution in [3.8, 4) is 6.07 Å². The molecule has 0 radical (unpaired) electrons. The third-order valence-corrected chi connectivity index (χ3v) is 5.16. The van der Waals surface area contributed by atoms with Gasteiger partial charge in [-0.15, -0.1) is 0 Å². The highest BCUT2D eigenvalue weighted by molar-refractivity contribution is 6.19. The smallest absolute Gasteiger partial charge is 0.253 e. The Morgan fingerprint density at radius 2 is 1.97 bits per heavy atom. The lowest BCUT2D eigenvalue weighted by Crippen LogP contribution is -2.56. The van der Waals surface area contributed by atoms with Crippen LogP contribution in [0.3, 0.4) is 0 Å². The number of amidine groups is 1. The Morgan fingerprint density at radius 1 is 1.33 bits per heavy atom. The number of hydrogen-bond acceptors (Lipinski definition) is 6. The minimum absolute atomic E-state index is 0.000268. The van der Waals surface area contributed by atoms with E-state index in [1.54, 1.807) is 12.2 Å². The van der Waals surface area contributed by atoms with Gasteiger partial charge in [-0.1, -0.05) is 12.7 Å². The van der Waals surface area contributed by atoms with Gasteiger partial charge in [-0.25, -0.2) is 4.99 Å². The van der Waals surface area contributed by atoms with Crippen molar-refractivity contribution >= 4 is 17.4 Å². The first-order chi connectivity index (χ1) is 14.3. The Morgan fingerprint density at radius 3 is 2.47 bits per heavy atom. The molecule has 1 amide bonds. The summed E-state index contributed by atoms with van der Waals surface area (Å²) in [6.45, 7) is 7.53. The van der Waals surface area contributed by atoms with Crippen LogP contribution in [-0.4, -0.2) is 36.9 Å². The molecule has 8 heteroatoms. The molecule has 158 valence electrons. The molecule has 1 aliphatic rings. The lowest BCUT2D eigenvalue weighted by Gasteiger charge is -2.42. The van der Waals surface area contributed by atoms with Crippen LogP contribution in [0.15, 0.2) is 65.5 Å². The highest BCUT2D eigenvalue weighted by Crippen LogP contribution is 2.26. The van der Waals surface area contributed by atoms with Crippen LogP contribution < -0.4 is 27.4 Å². The van der Waals surface area contributed by atoms with Gasteiger partial charge in [0.25, 0.3) is 5.91 Å². The molecule has 0 spiro atoms. The monoisotopic (exact) mass is 407 g/mol. The fraction of sp³-hybridized carbons (Fsp3) is 0.318. The number of allylic oxidation sites excluding steroid dienone is 2. The molecule has 0 saturated carbocycles.